The van der Waals surface area contributed by atoms with Crippen molar-refractivity contribution in [3.8, 4) is 0 Å². The molecule has 0 aliphatic rings. The highest BCUT2D eigenvalue weighted by Crippen LogP contribution is 2.22. The SMILES string of the molecule is CCCCCC[N+](C)(C)CCCCCC(O)(CCCCl)C(=O)O. The van der Waals surface area contributed by atoms with E-state index in [-0.39, 0.29) is 6.42 Å². The maximum absolute atomic E-state index is 11.2. The summed E-state index contributed by atoms with van der Waals surface area (Å²) < 4.78 is 1.03. The van der Waals surface area contributed by atoms with Crippen molar-refractivity contribution in [3.63, 3.8) is 0 Å². The Morgan fingerprint density at radius 3 is 1.96 bits per heavy atom. The molecule has 5 heteroatoms. The molecule has 0 aromatic carbocycles. The standard InChI is InChI=1S/C18H36ClNO3/c1-4-5-6-9-15-20(2,3)16-10-7-8-12-18(23,17(21)22)13-11-14-19/h23H,4-16H2,1-3H3/p+1. The van der Waals surface area contributed by atoms with E-state index in [9.17, 15) is 15.0 Å². The zero-order chi connectivity index (χ0) is 17.8. The summed E-state index contributed by atoms with van der Waals surface area (Å²) in [6, 6.07) is 0. The maximum Gasteiger partial charge on any atom is 0.335 e. The van der Waals surface area contributed by atoms with Crippen molar-refractivity contribution in [1.82, 2.24) is 0 Å². The van der Waals surface area contributed by atoms with Gasteiger partial charge in [0.15, 0.2) is 5.60 Å². The van der Waals surface area contributed by atoms with Gasteiger partial charge in [-0.2, -0.15) is 0 Å². The fraction of sp³-hybridized carbons (Fsp3) is 0.944. The van der Waals surface area contributed by atoms with Gasteiger partial charge in [-0.25, -0.2) is 4.79 Å². The Labute approximate surface area is 147 Å². The Kier molecular flexibility index (Phi) is 11.9. The van der Waals surface area contributed by atoms with Crippen molar-refractivity contribution in [2.75, 3.05) is 33.1 Å². The Bertz CT molecular complexity index is 323. The first-order chi connectivity index (χ1) is 10.8. The Morgan fingerprint density at radius 1 is 0.957 bits per heavy atom. The number of quaternary nitrogens is 1. The smallest absolute Gasteiger partial charge is 0.335 e. The van der Waals surface area contributed by atoms with Gasteiger partial charge in [0.2, 0.25) is 0 Å². The molecule has 0 amide bonds. The fourth-order valence-electron chi connectivity index (χ4n) is 2.91. The van der Waals surface area contributed by atoms with Crippen molar-refractivity contribution in [1.29, 1.82) is 0 Å². The van der Waals surface area contributed by atoms with Gasteiger partial charge >= 0.3 is 5.97 Å². The van der Waals surface area contributed by atoms with Crippen LogP contribution in [0.25, 0.3) is 0 Å². The molecule has 0 aliphatic carbocycles. The highest BCUT2D eigenvalue weighted by Gasteiger charge is 2.34. The third-order valence-electron chi connectivity index (χ3n) is 4.59. The molecule has 4 nitrogen and oxygen atoms in total. The molecule has 0 fully saturated rings. The number of unbranched alkanes of at least 4 members (excludes halogenated alkanes) is 5. The van der Waals surface area contributed by atoms with Crippen LogP contribution in [0.15, 0.2) is 0 Å². The van der Waals surface area contributed by atoms with Gasteiger partial charge in [-0.3, -0.25) is 0 Å². The molecule has 1 unspecified atom stereocenters. The van der Waals surface area contributed by atoms with Crippen LogP contribution in [0.3, 0.4) is 0 Å². The van der Waals surface area contributed by atoms with Gasteiger partial charge in [0.05, 0.1) is 27.2 Å². The number of aliphatic hydroxyl groups is 1. The summed E-state index contributed by atoms with van der Waals surface area (Å²) in [6.45, 7) is 4.54. The summed E-state index contributed by atoms with van der Waals surface area (Å²) in [5, 5.41) is 19.4. The predicted molar refractivity (Wildman–Crippen MR) is 97.0 cm³/mol. The summed E-state index contributed by atoms with van der Waals surface area (Å²) in [5.74, 6) is -0.728. The molecule has 0 heterocycles. The van der Waals surface area contributed by atoms with Gasteiger partial charge in [-0.1, -0.05) is 19.8 Å². The molecule has 0 bridgehead atoms. The number of carboxylic acids is 1. The van der Waals surface area contributed by atoms with Crippen LogP contribution in [0.1, 0.15) is 71.1 Å². The second kappa shape index (κ2) is 12.1. The zero-order valence-electron chi connectivity index (χ0n) is 15.3. The summed E-state index contributed by atoms with van der Waals surface area (Å²) >= 11 is 5.60. The van der Waals surface area contributed by atoms with Crippen molar-refractivity contribution < 1.29 is 19.5 Å². The second-order valence-electron chi connectivity index (χ2n) is 7.38. The largest absolute Gasteiger partial charge is 0.479 e. The van der Waals surface area contributed by atoms with Crippen molar-refractivity contribution in [2.45, 2.75) is 76.7 Å². The lowest BCUT2D eigenvalue weighted by Gasteiger charge is -2.30. The average Bonchev–Trinajstić information content (AvgIpc) is 2.49. The summed E-state index contributed by atoms with van der Waals surface area (Å²) in [7, 11) is 4.53. The molecule has 0 spiro atoms. The van der Waals surface area contributed by atoms with Gasteiger partial charge in [0, 0.05) is 5.88 Å². The maximum atomic E-state index is 11.2. The van der Waals surface area contributed by atoms with E-state index in [1.54, 1.807) is 0 Å². The summed E-state index contributed by atoms with van der Waals surface area (Å²) in [5.41, 5.74) is -1.60. The zero-order valence-corrected chi connectivity index (χ0v) is 16.1. The van der Waals surface area contributed by atoms with Crippen LogP contribution < -0.4 is 0 Å². The first-order valence-electron chi connectivity index (χ1n) is 9.11. The van der Waals surface area contributed by atoms with Gasteiger partial charge in [-0.15, -0.1) is 11.6 Å². The lowest BCUT2D eigenvalue weighted by Crippen LogP contribution is -2.41. The van der Waals surface area contributed by atoms with E-state index < -0.39 is 11.6 Å². The number of rotatable bonds is 15. The molecule has 0 saturated heterocycles. The molecule has 23 heavy (non-hydrogen) atoms. The van der Waals surface area contributed by atoms with Crippen LogP contribution in [0.2, 0.25) is 0 Å². The van der Waals surface area contributed by atoms with Gasteiger partial charge in [0.1, 0.15) is 0 Å². The molecular weight excluding hydrogens is 314 g/mol. The van der Waals surface area contributed by atoms with Crippen LogP contribution in [0.5, 0.6) is 0 Å². The van der Waals surface area contributed by atoms with E-state index in [1.807, 2.05) is 0 Å². The lowest BCUT2D eigenvalue weighted by atomic mass is 9.91. The number of alkyl halides is 1. The molecule has 138 valence electrons. The lowest BCUT2D eigenvalue weighted by molar-refractivity contribution is -0.890. The normalized spacial score (nSPS) is 14.7. The van der Waals surface area contributed by atoms with E-state index in [0.717, 1.165) is 30.3 Å². The summed E-state index contributed by atoms with van der Waals surface area (Å²) in [4.78, 5) is 11.2. The minimum absolute atomic E-state index is 0.241. The van der Waals surface area contributed by atoms with E-state index in [2.05, 4.69) is 21.0 Å². The Hall–Kier alpha value is -0.320. The van der Waals surface area contributed by atoms with Crippen LogP contribution in [-0.2, 0) is 4.79 Å². The minimum Gasteiger partial charge on any atom is -0.479 e. The Balaban J connectivity index is 3.94. The van der Waals surface area contributed by atoms with Crippen LogP contribution in [-0.4, -0.2) is 59.3 Å². The molecular formula is C18H37ClNO3+. The van der Waals surface area contributed by atoms with Crippen molar-refractivity contribution >= 4 is 17.6 Å². The quantitative estimate of drug-likeness (QED) is 0.266. The molecule has 2 N–H and O–H groups in total. The molecule has 1 atom stereocenters. The Morgan fingerprint density at radius 2 is 1.48 bits per heavy atom. The van der Waals surface area contributed by atoms with Crippen LogP contribution in [0.4, 0.5) is 0 Å². The van der Waals surface area contributed by atoms with Gasteiger partial charge in [0.25, 0.3) is 0 Å². The first kappa shape index (κ1) is 22.7. The highest BCUT2D eigenvalue weighted by atomic mass is 35.5. The van der Waals surface area contributed by atoms with Crippen molar-refractivity contribution in [2.24, 2.45) is 0 Å². The second-order valence-corrected chi connectivity index (χ2v) is 7.76. The number of nitrogens with zero attached hydrogens (tertiary/aromatic N) is 1. The van der Waals surface area contributed by atoms with Crippen LogP contribution in [0, 0.1) is 0 Å². The number of hydrogen-bond donors (Lipinski definition) is 2. The van der Waals surface area contributed by atoms with E-state index in [4.69, 9.17) is 11.6 Å². The topological polar surface area (TPSA) is 57.5 Å². The first-order valence-corrected chi connectivity index (χ1v) is 9.64. The van der Waals surface area contributed by atoms with E-state index >= 15 is 0 Å². The monoisotopic (exact) mass is 350 g/mol. The molecule has 0 aliphatic heterocycles. The molecule has 0 radical (unpaired) electrons. The predicted octanol–water partition coefficient (Wildman–Crippen LogP) is 4.04. The average molecular weight is 351 g/mol. The number of aliphatic carboxylic acids is 1. The molecule has 0 aromatic rings. The number of carboxylic acid groups (broad SMARTS) is 1. The molecule has 0 rings (SSSR count). The minimum atomic E-state index is -1.60. The summed E-state index contributed by atoms with van der Waals surface area (Å²) in [6.07, 6.45) is 9.06. The van der Waals surface area contributed by atoms with Crippen LogP contribution >= 0.6 is 11.6 Å². The molecule has 0 saturated carbocycles. The van der Waals surface area contributed by atoms with Gasteiger partial charge in [-0.05, 0) is 51.4 Å². The van der Waals surface area contributed by atoms with Gasteiger partial charge < -0.3 is 14.7 Å². The third-order valence-corrected chi connectivity index (χ3v) is 4.86. The number of carbonyl (C=O) groups is 1. The highest BCUT2D eigenvalue weighted by molar-refractivity contribution is 6.17. The third kappa shape index (κ3) is 11.0. The number of halogens is 1. The number of hydrogen-bond acceptors (Lipinski definition) is 2. The van der Waals surface area contributed by atoms with E-state index in [0.29, 0.717) is 18.7 Å². The molecule has 0 aromatic heterocycles. The van der Waals surface area contributed by atoms with E-state index in [1.165, 1.54) is 32.2 Å². The van der Waals surface area contributed by atoms with Crippen molar-refractivity contribution in [3.05, 3.63) is 0 Å². The fourth-order valence-corrected chi connectivity index (χ4v) is 3.04.